The Balaban J connectivity index is 1.37. The van der Waals surface area contributed by atoms with Crippen LogP contribution in [0.4, 0.5) is 0 Å². The number of hydrogen-bond acceptors (Lipinski definition) is 30. The topological polar surface area (TPSA) is 504 Å². The molecule has 0 spiro atoms. The average molecular weight is 1060 g/mol. The van der Waals surface area contributed by atoms with Crippen LogP contribution in [-0.4, -0.2) is 316 Å². The minimum atomic E-state index is -2.19. The highest BCUT2D eigenvalue weighted by Crippen LogP contribution is 2.38. The van der Waals surface area contributed by atoms with Gasteiger partial charge in [0.15, 0.2) is 37.7 Å². The van der Waals surface area contributed by atoms with Gasteiger partial charge in [-0.05, 0) is 6.92 Å². The van der Waals surface area contributed by atoms with Crippen molar-refractivity contribution in [3.05, 3.63) is 0 Å². The zero-order valence-electron chi connectivity index (χ0n) is 38.8. The molecule has 0 saturated carbocycles. The molecule has 32 nitrogen and oxygen atoms in total. The second-order valence-corrected chi connectivity index (χ2v) is 18.2. The lowest BCUT2D eigenvalue weighted by Crippen LogP contribution is -2.71. The van der Waals surface area contributed by atoms with Crippen LogP contribution < -0.4 is 10.6 Å². The van der Waals surface area contributed by atoms with Gasteiger partial charge in [0, 0.05) is 13.8 Å². The Hall–Kier alpha value is -2.18. The second kappa shape index (κ2) is 25.3. The van der Waals surface area contributed by atoms with Gasteiger partial charge in [0.2, 0.25) is 11.8 Å². The normalized spacial score (nSPS) is 50.3. The van der Waals surface area contributed by atoms with E-state index >= 15 is 0 Å². The first-order valence-corrected chi connectivity index (χ1v) is 23.0. The third kappa shape index (κ3) is 12.5. The Kier molecular flexibility index (Phi) is 20.8. The molecule has 6 heterocycles. The zero-order chi connectivity index (χ0) is 53.2. The van der Waals surface area contributed by atoms with Gasteiger partial charge < -0.3 is 150 Å². The molecule has 0 aliphatic carbocycles. The van der Waals surface area contributed by atoms with Crippen molar-refractivity contribution in [2.24, 2.45) is 0 Å². The van der Waals surface area contributed by atoms with E-state index in [0.717, 1.165) is 13.8 Å². The highest BCUT2D eigenvalue weighted by atomic mass is 16.8. The molecule has 418 valence electrons. The van der Waals surface area contributed by atoms with Gasteiger partial charge in [-0.25, -0.2) is 0 Å². The summed E-state index contributed by atoms with van der Waals surface area (Å²) in [4.78, 5) is 25.3. The molecule has 0 bridgehead atoms. The fraction of sp³-hybridized carbons (Fsp3) is 0.950. The summed E-state index contributed by atoms with van der Waals surface area (Å²) in [7, 11) is 0. The summed E-state index contributed by atoms with van der Waals surface area (Å²) in [6, 6.07) is -3.54. The fourth-order valence-corrected chi connectivity index (χ4v) is 9.23. The third-order valence-electron chi connectivity index (χ3n) is 13.2. The second-order valence-electron chi connectivity index (χ2n) is 18.2. The van der Waals surface area contributed by atoms with Crippen molar-refractivity contribution < 1.29 is 149 Å². The molecule has 30 atom stereocenters. The molecular formula is C40H68N2O30. The van der Waals surface area contributed by atoms with Crippen molar-refractivity contribution in [3.63, 3.8) is 0 Å². The van der Waals surface area contributed by atoms with E-state index in [-0.39, 0.29) is 0 Å². The monoisotopic (exact) mass is 1060 g/mol. The maximum atomic E-state index is 13.0. The predicted octanol–water partition coefficient (Wildman–Crippen LogP) is -12.8. The van der Waals surface area contributed by atoms with Gasteiger partial charge in [0.1, 0.15) is 140 Å². The highest BCUT2D eigenvalue weighted by Gasteiger charge is 2.59. The van der Waals surface area contributed by atoms with Crippen molar-refractivity contribution in [3.8, 4) is 0 Å². The Morgan fingerprint density at radius 1 is 0.361 bits per heavy atom. The summed E-state index contributed by atoms with van der Waals surface area (Å²) in [5.41, 5.74) is 0. The number of hydrogen-bond donors (Lipinski definition) is 19. The Labute approximate surface area is 408 Å². The van der Waals surface area contributed by atoms with Gasteiger partial charge in [-0.1, -0.05) is 0 Å². The first-order valence-electron chi connectivity index (χ1n) is 23.0. The standard InChI is InChI=1S/C40H68N2O30/c1-9-19(50)25(56)28(59)38(62-9)72-34-33(71-36-17(41-10(2)48)24(55)20(51)12(4-43)64-36)23(54)15(7-46)67-40(34)69-31-18(42-11(3)49)37(65-13(5-44)21(31)52)70-32-22(53)14(6-45)66-39(29(32)60)68-30-16(8-47)63-35(61)27(58)26(30)57/h9,12-40,43-47,50-61H,4-8H2,1-3H3,(H,41,48)(H,42,49)/t9-,12+,13+,14+,15+,16+,17+,18+,19+,20-,21+,22-,23-,24+,25+,26+,27+,28-,29+,30+,31+,32-,33-,34+,35?,36+,37-,38-,39-,40-/m0/s1. The molecule has 6 fully saturated rings. The summed E-state index contributed by atoms with van der Waals surface area (Å²) >= 11 is 0. The van der Waals surface area contributed by atoms with Gasteiger partial charge in [-0.2, -0.15) is 0 Å². The van der Waals surface area contributed by atoms with Crippen LogP contribution >= 0.6 is 0 Å². The van der Waals surface area contributed by atoms with Crippen LogP contribution in [-0.2, 0) is 61.7 Å². The number of nitrogens with one attached hydrogen (secondary N) is 2. The van der Waals surface area contributed by atoms with Crippen LogP contribution in [0.2, 0.25) is 0 Å². The Morgan fingerprint density at radius 3 is 1.33 bits per heavy atom. The van der Waals surface area contributed by atoms with E-state index in [9.17, 15) is 96.4 Å². The molecule has 6 saturated heterocycles. The highest BCUT2D eigenvalue weighted by molar-refractivity contribution is 5.73. The first kappa shape index (κ1) is 59.1. The zero-order valence-corrected chi connectivity index (χ0v) is 38.8. The lowest BCUT2D eigenvalue weighted by Gasteiger charge is -2.52. The van der Waals surface area contributed by atoms with Crippen molar-refractivity contribution in [2.75, 3.05) is 33.0 Å². The third-order valence-corrected chi connectivity index (χ3v) is 13.2. The smallest absolute Gasteiger partial charge is 0.217 e. The molecule has 0 aromatic rings. The number of ether oxygens (including phenoxy) is 11. The Morgan fingerprint density at radius 2 is 0.778 bits per heavy atom. The Bertz CT molecular complexity index is 1730. The molecule has 2 amide bonds. The average Bonchev–Trinajstić information content (AvgIpc) is 3.34. The molecule has 6 aliphatic heterocycles. The molecule has 1 unspecified atom stereocenters. The van der Waals surface area contributed by atoms with E-state index in [1.165, 1.54) is 6.92 Å². The largest absolute Gasteiger partial charge is 0.394 e. The van der Waals surface area contributed by atoms with E-state index < -0.39 is 229 Å². The molecule has 0 aromatic heterocycles. The summed E-state index contributed by atoms with van der Waals surface area (Å²) in [5, 5.41) is 187. The maximum Gasteiger partial charge on any atom is 0.217 e. The van der Waals surface area contributed by atoms with E-state index in [4.69, 9.17) is 52.1 Å². The molecular weight excluding hydrogens is 988 g/mol. The van der Waals surface area contributed by atoms with Crippen molar-refractivity contribution >= 4 is 11.8 Å². The van der Waals surface area contributed by atoms with Crippen molar-refractivity contribution in [1.82, 2.24) is 10.6 Å². The number of carbonyl (C=O) groups is 2. The molecule has 19 N–H and O–H groups in total. The van der Waals surface area contributed by atoms with Gasteiger partial charge in [0.05, 0.1) is 39.1 Å². The molecule has 0 radical (unpaired) electrons. The van der Waals surface area contributed by atoms with Gasteiger partial charge in [0.25, 0.3) is 0 Å². The molecule has 0 aromatic carbocycles. The van der Waals surface area contributed by atoms with Crippen molar-refractivity contribution in [2.45, 2.75) is 205 Å². The minimum absolute atomic E-state index is 0.794. The van der Waals surface area contributed by atoms with E-state index in [1.54, 1.807) is 0 Å². The maximum absolute atomic E-state index is 13.0. The minimum Gasteiger partial charge on any atom is -0.394 e. The van der Waals surface area contributed by atoms with Crippen molar-refractivity contribution in [1.29, 1.82) is 0 Å². The van der Waals surface area contributed by atoms with Gasteiger partial charge in [-0.15, -0.1) is 0 Å². The van der Waals surface area contributed by atoms with Crippen LogP contribution in [0.15, 0.2) is 0 Å². The van der Waals surface area contributed by atoms with Crippen LogP contribution in [0, 0.1) is 0 Å². The SMILES string of the molecule is CC(=O)N[C@H]1[C@@H](O[C@H]2[C@@H](O)[C@@H](CO)O[C@@H](O[C@H]3[C@H](O)[C@@H](CO)O[C@@H](O[C@H]4[C@@H](O)[C@@H](CO)O[C@@H](O[C@H]5[C@H](O)[C@@H](O)C(O)O[C@@H]5CO)[C@@H]4O)[C@@H]3NC(C)=O)[C@@H]2O[C@@H]2O[C@@H](C)[C@@H](O)[C@@H](O)[C@@H]2O)O[C@H](CO)[C@H](O)[C@@H]1O. The number of amides is 2. The number of carbonyl (C=O) groups excluding carboxylic acids is 2. The molecule has 6 aliphatic rings. The lowest BCUT2D eigenvalue weighted by atomic mass is 9.93. The van der Waals surface area contributed by atoms with E-state index in [0.29, 0.717) is 0 Å². The molecule has 72 heavy (non-hydrogen) atoms. The number of aliphatic hydroxyl groups is 17. The van der Waals surface area contributed by atoms with Crippen LogP contribution in [0.5, 0.6) is 0 Å². The van der Waals surface area contributed by atoms with Crippen LogP contribution in [0.1, 0.15) is 20.8 Å². The summed E-state index contributed by atoms with van der Waals surface area (Å²) in [6.07, 6.45) is -53.5. The lowest BCUT2D eigenvalue weighted by molar-refractivity contribution is -0.401. The number of rotatable bonds is 17. The fourth-order valence-electron chi connectivity index (χ4n) is 9.23. The van der Waals surface area contributed by atoms with Crippen LogP contribution in [0.3, 0.4) is 0 Å². The van der Waals surface area contributed by atoms with E-state index in [1.807, 2.05) is 0 Å². The first-order chi connectivity index (χ1) is 34.0. The summed E-state index contributed by atoms with van der Waals surface area (Å²) in [5.74, 6) is -1.69. The summed E-state index contributed by atoms with van der Waals surface area (Å²) < 4.78 is 64.1. The summed E-state index contributed by atoms with van der Waals surface area (Å²) in [6.45, 7) is -1.67. The molecule has 6 rings (SSSR count). The number of aliphatic hydroxyl groups excluding tert-OH is 17. The predicted molar refractivity (Wildman–Crippen MR) is 221 cm³/mol. The van der Waals surface area contributed by atoms with E-state index in [2.05, 4.69) is 10.6 Å². The quantitative estimate of drug-likeness (QED) is 0.0643. The van der Waals surface area contributed by atoms with Gasteiger partial charge >= 0.3 is 0 Å². The van der Waals surface area contributed by atoms with Crippen LogP contribution in [0.25, 0.3) is 0 Å². The van der Waals surface area contributed by atoms with Gasteiger partial charge in [-0.3, -0.25) is 9.59 Å². The molecule has 32 heteroatoms.